The lowest BCUT2D eigenvalue weighted by Crippen LogP contribution is -2.33. The fraction of sp³-hybridized carbons (Fsp3) is 0.286. The number of rotatable bonds is 16. The van der Waals surface area contributed by atoms with Gasteiger partial charge in [0.2, 0.25) is 0 Å². The average molecular weight is 478 g/mol. The predicted octanol–water partition coefficient (Wildman–Crippen LogP) is 4.70. The lowest BCUT2D eigenvalue weighted by molar-refractivity contribution is 0.104. The van der Waals surface area contributed by atoms with E-state index < -0.39 is 19.5 Å². The highest BCUT2D eigenvalue weighted by molar-refractivity contribution is 6.47. The summed E-state index contributed by atoms with van der Waals surface area (Å²) in [6.45, 7) is 19.7. The molecule has 0 bridgehead atoms. The highest BCUT2D eigenvalue weighted by atomic mass is 28.2. The summed E-state index contributed by atoms with van der Waals surface area (Å²) in [5.41, 5.74) is 1.74. The van der Waals surface area contributed by atoms with E-state index in [2.05, 4.69) is 94.0 Å². The van der Waals surface area contributed by atoms with Crippen LogP contribution in [-0.2, 0) is 8.85 Å². The van der Waals surface area contributed by atoms with E-state index in [1.54, 1.807) is 0 Å². The summed E-state index contributed by atoms with van der Waals surface area (Å²) >= 11 is 0. The molecule has 0 spiro atoms. The van der Waals surface area contributed by atoms with Gasteiger partial charge in [0.1, 0.15) is 0 Å². The quantitative estimate of drug-likeness (QED) is 0.281. The zero-order chi connectivity index (χ0) is 24.2. The summed E-state index contributed by atoms with van der Waals surface area (Å²) in [5, 5.41) is 6.04. The van der Waals surface area contributed by atoms with Crippen molar-refractivity contribution in [3.8, 4) is 0 Å². The first-order valence-corrected chi connectivity index (χ1v) is 14.1. The molecule has 5 heteroatoms. The molecule has 0 radical (unpaired) electrons. The molecule has 0 aliphatic heterocycles. The van der Waals surface area contributed by atoms with Crippen molar-refractivity contribution < 1.29 is 8.85 Å². The third-order valence-corrected chi connectivity index (χ3v) is 8.97. The lowest BCUT2D eigenvalue weighted by Gasteiger charge is -2.28. The van der Waals surface area contributed by atoms with Crippen LogP contribution in [0.2, 0.25) is 0 Å². The number of nitrogens with one attached hydrogen (secondary N) is 1. The predicted molar refractivity (Wildman–Crippen MR) is 151 cm³/mol. The van der Waals surface area contributed by atoms with Crippen molar-refractivity contribution in [2.75, 3.05) is 5.32 Å². The maximum atomic E-state index is 6.30. The van der Waals surface area contributed by atoms with Crippen LogP contribution in [0.25, 0.3) is 0 Å². The summed E-state index contributed by atoms with van der Waals surface area (Å²) < 4.78 is 12.6. The van der Waals surface area contributed by atoms with Gasteiger partial charge in [-0.15, -0.1) is 26.3 Å². The molecular formula is C28H39NO2Si2. The minimum absolute atomic E-state index is 0.198. The molecule has 176 valence electrons. The average Bonchev–Trinajstić information content (AvgIpc) is 2.79. The molecule has 0 unspecified atom stereocenters. The van der Waals surface area contributed by atoms with Crippen molar-refractivity contribution >= 4 is 41.3 Å². The fourth-order valence-electron chi connectivity index (χ4n) is 3.67. The Morgan fingerprint density at radius 1 is 0.636 bits per heavy atom. The molecule has 0 heterocycles. The monoisotopic (exact) mass is 477 g/mol. The summed E-state index contributed by atoms with van der Waals surface area (Å²) in [6, 6.07) is 17.1. The summed E-state index contributed by atoms with van der Waals surface area (Å²) in [4.78, 5) is 0. The van der Waals surface area contributed by atoms with E-state index in [0.29, 0.717) is 0 Å². The molecule has 0 amide bonds. The number of benzene rings is 2. The SMILES string of the molecule is C=CCC(C)(CC=C)O[SiH2]c1ccc(Nc2ccc([SiH2]OC(C)(CC=C)CC=C)cc2)cc1. The number of hydrogen-bond acceptors (Lipinski definition) is 3. The van der Waals surface area contributed by atoms with Gasteiger partial charge < -0.3 is 14.2 Å². The fourth-order valence-corrected chi connectivity index (χ4v) is 6.03. The molecular weight excluding hydrogens is 438 g/mol. The second-order valence-corrected chi connectivity index (χ2v) is 11.8. The van der Waals surface area contributed by atoms with E-state index in [4.69, 9.17) is 8.85 Å². The smallest absolute Gasteiger partial charge is 0.193 e. The molecule has 0 fully saturated rings. The molecule has 2 aromatic carbocycles. The summed E-state index contributed by atoms with van der Waals surface area (Å²) in [7, 11) is -1.64. The first-order chi connectivity index (χ1) is 15.8. The van der Waals surface area contributed by atoms with Crippen molar-refractivity contribution in [1.82, 2.24) is 0 Å². The van der Waals surface area contributed by atoms with Gasteiger partial charge in [-0.1, -0.05) is 48.6 Å². The third kappa shape index (κ3) is 9.14. The van der Waals surface area contributed by atoms with Crippen LogP contribution in [0, 0.1) is 0 Å². The molecule has 0 aromatic heterocycles. The Bertz CT molecular complexity index is 811. The minimum atomic E-state index is -0.819. The molecule has 0 atom stereocenters. The molecule has 2 aromatic rings. The van der Waals surface area contributed by atoms with Crippen LogP contribution < -0.4 is 15.7 Å². The molecule has 33 heavy (non-hydrogen) atoms. The van der Waals surface area contributed by atoms with Gasteiger partial charge in [-0.25, -0.2) is 0 Å². The highest BCUT2D eigenvalue weighted by Gasteiger charge is 2.22. The van der Waals surface area contributed by atoms with Gasteiger partial charge in [0.15, 0.2) is 19.5 Å². The van der Waals surface area contributed by atoms with Gasteiger partial charge in [-0.2, -0.15) is 0 Å². The Morgan fingerprint density at radius 2 is 0.939 bits per heavy atom. The van der Waals surface area contributed by atoms with E-state index in [0.717, 1.165) is 37.1 Å². The molecule has 0 aliphatic carbocycles. The Kier molecular flexibility index (Phi) is 10.8. The molecule has 1 N–H and O–H groups in total. The van der Waals surface area contributed by atoms with Crippen molar-refractivity contribution in [2.45, 2.75) is 50.7 Å². The lowest BCUT2D eigenvalue weighted by atomic mass is 9.99. The largest absolute Gasteiger partial charge is 0.413 e. The van der Waals surface area contributed by atoms with Gasteiger partial charge in [0.05, 0.1) is 11.2 Å². The van der Waals surface area contributed by atoms with E-state index in [-0.39, 0.29) is 11.2 Å². The molecule has 0 saturated heterocycles. The van der Waals surface area contributed by atoms with Crippen molar-refractivity contribution in [2.24, 2.45) is 0 Å². The second-order valence-electron chi connectivity index (χ2n) is 8.97. The highest BCUT2D eigenvalue weighted by Crippen LogP contribution is 2.22. The minimum Gasteiger partial charge on any atom is -0.413 e. The summed E-state index contributed by atoms with van der Waals surface area (Å²) in [5.74, 6) is 0. The van der Waals surface area contributed by atoms with Gasteiger partial charge in [-0.05, 0) is 74.2 Å². The van der Waals surface area contributed by atoms with Crippen molar-refractivity contribution in [3.05, 3.63) is 99.2 Å². The van der Waals surface area contributed by atoms with Crippen LogP contribution in [0.15, 0.2) is 99.2 Å². The standard InChI is InChI=1S/C28H39NO2Si2/c1-7-19-27(5,20-8-2)30-32-25-15-11-23(12-16-25)29-24-13-17-26(18-14-24)33-31-28(6,21-9-3)22-10-4/h7-18,29H,1-4,19-22,32-33H2,5-6H3. The number of hydrogen-bond donors (Lipinski definition) is 1. The normalized spacial score (nSPS) is 12.3. The maximum Gasteiger partial charge on any atom is 0.193 e. The van der Waals surface area contributed by atoms with E-state index in [1.807, 2.05) is 24.3 Å². The van der Waals surface area contributed by atoms with E-state index >= 15 is 0 Å². The van der Waals surface area contributed by atoms with Crippen LogP contribution in [0.1, 0.15) is 39.5 Å². The van der Waals surface area contributed by atoms with Gasteiger partial charge in [0, 0.05) is 11.4 Å². The van der Waals surface area contributed by atoms with E-state index in [9.17, 15) is 0 Å². The Balaban J connectivity index is 1.90. The van der Waals surface area contributed by atoms with Crippen molar-refractivity contribution in [1.29, 1.82) is 0 Å². The van der Waals surface area contributed by atoms with Crippen LogP contribution >= 0.6 is 0 Å². The van der Waals surface area contributed by atoms with Crippen LogP contribution in [0.4, 0.5) is 11.4 Å². The number of anilines is 2. The summed E-state index contributed by atoms with van der Waals surface area (Å²) in [6.07, 6.45) is 11.0. The van der Waals surface area contributed by atoms with Crippen molar-refractivity contribution in [3.63, 3.8) is 0 Å². The Labute approximate surface area is 205 Å². The zero-order valence-corrected chi connectivity index (χ0v) is 23.1. The van der Waals surface area contributed by atoms with Gasteiger partial charge >= 0.3 is 0 Å². The second kappa shape index (κ2) is 13.3. The molecule has 2 rings (SSSR count). The molecule has 3 nitrogen and oxygen atoms in total. The maximum absolute atomic E-state index is 6.30. The first kappa shape index (κ1) is 26.8. The topological polar surface area (TPSA) is 30.5 Å². The van der Waals surface area contributed by atoms with Crippen LogP contribution in [0.3, 0.4) is 0 Å². The Hall–Kier alpha value is -2.45. The zero-order valence-electron chi connectivity index (χ0n) is 20.3. The van der Waals surface area contributed by atoms with Gasteiger partial charge in [0.25, 0.3) is 0 Å². The molecule has 0 saturated carbocycles. The first-order valence-electron chi connectivity index (χ1n) is 11.5. The Morgan fingerprint density at radius 3 is 1.21 bits per heavy atom. The van der Waals surface area contributed by atoms with E-state index in [1.165, 1.54) is 10.4 Å². The van der Waals surface area contributed by atoms with Crippen LogP contribution in [0.5, 0.6) is 0 Å². The molecule has 0 aliphatic rings. The third-order valence-electron chi connectivity index (χ3n) is 5.68. The van der Waals surface area contributed by atoms with Gasteiger partial charge in [-0.3, -0.25) is 0 Å². The van der Waals surface area contributed by atoms with Crippen LogP contribution in [-0.4, -0.2) is 30.7 Å².